The summed E-state index contributed by atoms with van der Waals surface area (Å²) in [5, 5.41) is 9.28. The molecule has 1 aliphatic heterocycles. The first-order valence-electron chi connectivity index (χ1n) is 6.42. The summed E-state index contributed by atoms with van der Waals surface area (Å²) >= 11 is 1.57. The summed E-state index contributed by atoms with van der Waals surface area (Å²) in [6.07, 6.45) is 1.66. The SMILES string of the molecule is COc1ccccc1-c1nnc2n1N[C@@H](c1ccco1)S2. The summed E-state index contributed by atoms with van der Waals surface area (Å²) in [5.74, 6) is 2.35. The Morgan fingerprint density at radius 3 is 2.95 bits per heavy atom. The Balaban J connectivity index is 1.73. The van der Waals surface area contributed by atoms with Crippen LogP contribution in [0, 0.1) is 0 Å². The average Bonchev–Trinajstić information content (AvgIpc) is 3.22. The number of rotatable bonds is 3. The van der Waals surface area contributed by atoms with Gasteiger partial charge >= 0.3 is 0 Å². The van der Waals surface area contributed by atoms with Gasteiger partial charge in [-0.25, -0.2) is 4.68 Å². The molecule has 6 nitrogen and oxygen atoms in total. The van der Waals surface area contributed by atoms with E-state index in [9.17, 15) is 0 Å². The molecule has 0 unspecified atom stereocenters. The van der Waals surface area contributed by atoms with Crippen molar-refractivity contribution in [1.29, 1.82) is 0 Å². The van der Waals surface area contributed by atoms with Gasteiger partial charge in [-0.3, -0.25) is 0 Å². The molecule has 3 heterocycles. The van der Waals surface area contributed by atoms with Crippen LogP contribution in [0.3, 0.4) is 0 Å². The monoisotopic (exact) mass is 300 g/mol. The number of ether oxygens (including phenoxy) is 1. The van der Waals surface area contributed by atoms with Crippen LogP contribution in [0.4, 0.5) is 0 Å². The molecular weight excluding hydrogens is 288 g/mol. The molecule has 0 spiro atoms. The van der Waals surface area contributed by atoms with Gasteiger partial charge in [0, 0.05) is 0 Å². The lowest BCUT2D eigenvalue weighted by atomic mass is 10.2. The molecule has 106 valence electrons. The zero-order chi connectivity index (χ0) is 14.2. The fourth-order valence-electron chi connectivity index (χ4n) is 2.28. The predicted octanol–water partition coefficient (Wildman–Crippen LogP) is 2.89. The molecule has 7 heteroatoms. The largest absolute Gasteiger partial charge is 0.496 e. The van der Waals surface area contributed by atoms with Crippen molar-refractivity contribution < 1.29 is 9.15 Å². The van der Waals surface area contributed by atoms with Gasteiger partial charge in [0.15, 0.2) is 11.2 Å². The normalized spacial score (nSPS) is 16.5. The summed E-state index contributed by atoms with van der Waals surface area (Å²) in [6, 6.07) is 11.6. The minimum Gasteiger partial charge on any atom is -0.496 e. The molecule has 21 heavy (non-hydrogen) atoms. The van der Waals surface area contributed by atoms with Crippen molar-refractivity contribution in [2.45, 2.75) is 10.5 Å². The summed E-state index contributed by atoms with van der Waals surface area (Å²) in [5.41, 5.74) is 4.24. The van der Waals surface area contributed by atoms with Crippen molar-refractivity contribution in [3.05, 3.63) is 48.4 Å². The van der Waals surface area contributed by atoms with Crippen LogP contribution in [-0.4, -0.2) is 22.0 Å². The van der Waals surface area contributed by atoms with E-state index in [-0.39, 0.29) is 5.37 Å². The van der Waals surface area contributed by atoms with E-state index >= 15 is 0 Å². The number of benzene rings is 1. The molecule has 0 radical (unpaired) electrons. The van der Waals surface area contributed by atoms with E-state index in [2.05, 4.69) is 15.6 Å². The first-order valence-corrected chi connectivity index (χ1v) is 7.30. The molecule has 2 aromatic heterocycles. The Morgan fingerprint density at radius 2 is 2.14 bits per heavy atom. The number of furan rings is 1. The van der Waals surface area contributed by atoms with E-state index in [1.165, 1.54) is 0 Å². The molecule has 1 atom stereocenters. The van der Waals surface area contributed by atoms with Crippen molar-refractivity contribution in [3.63, 3.8) is 0 Å². The predicted molar refractivity (Wildman–Crippen MR) is 78.7 cm³/mol. The lowest BCUT2D eigenvalue weighted by Gasteiger charge is -2.11. The number of nitrogens with one attached hydrogen (secondary N) is 1. The van der Waals surface area contributed by atoms with Crippen molar-refractivity contribution in [1.82, 2.24) is 14.9 Å². The highest BCUT2D eigenvalue weighted by molar-refractivity contribution is 7.99. The summed E-state index contributed by atoms with van der Waals surface area (Å²) in [4.78, 5) is 0. The third kappa shape index (κ3) is 1.97. The van der Waals surface area contributed by atoms with Crippen LogP contribution in [0.1, 0.15) is 11.1 Å². The van der Waals surface area contributed by atoms with Gasteiger partial charge < -0.3 is 14.6 Å². The minimum atomic E-state index is -0.000966. The van der Waals surface area contributed by atoms with Crippen LogP contribution < -0.4 is 10.2 Å². The van der Waals surface area contributed by atoms with Gasteiger partial charge in [-0.2, -0.15) is 0 Å². The Kier molecular flexibility index (Phi) is 2.85. The molecule has 3 aromatic rings. The van der Waals surface area contributed by atoms with Crippen molar-refractivity contribution in [2.24, 2.45) is 0 Å². The number of hydrogen-bond donors (Lipinski definition) is 1. The molecule has 0 saturated heterocycles. The molecule has 1 aromatic carbocycles. The van der Waals surface area contributed by atoms with Crippen LogP contribution in [0.5, 0.6) is 5.75 Å². The standard InChI is InChI=1S/C14H12N4O2S/c1-19-10-6-3-2-5-9(10)12-15-16-14-18(12)17-13(21-14)11-7-4-8-20-11/h2-8,13,17H,1H3/t13-/m1/s1. The molecule has 0 bridgehead atoms. The molecule has 0 amide bonds. The van der Waals surface area contributed by atoms with E-state index in [4.69, 9.17) is 9.15 Å². The van der Waals surface area contributed by atoms with Crippen molar-refractivity contribution in [3.8, 4) is 17.1 Å². The summed E-state index contributed by atoms with van der Waals surface area (Å²) < 4.78 is 12.7. The molecule has 0 saturated carbocycles. The minimum absolute atomic E-state index is 0.000966. The van der Waals surface area contributed by atoms with Gasteiger partial charge in [0.2, 0.25) is 5.16 Å². The Bertz CT molecular complexity index is 769. The molecule has 4 rings (SSSR count). The molecule has 1 aliphatic rings. The Hall–Kier alpha value is -2.41. The number of hydrogen-bond acceptors (Lipinski definition) is 6. The second kappa shape index (κ2) is 4.85. The second-order valence-electron chi connectivity index (χ2n) is 4.48. The number of aromatic nitrogens is 3. The molecule has 0 fully saturated rings. The number of fused-ring (bicyclic) bond motifs is 1. The lowest BCUT2D eigenvalue weighted by molar-refractivity contribution is 0.416. The van der Waals surface area contributed by atoms with Crippen LogP contribution in [-0.2, 0) is 0 Å². The first-order chi connectivity index (χ1) is 10.4. The maximum absolute atomic E-state index is 5.44. The van der Waals surface area contributed by atoms with Crippen molar-refractivity contribution >= 4 is 11.8 Å². The Morgan fingerprint density at radius 1 is 1.24 bits per heavy atom. The highest BCUT2D eigenvalue weighted by Crippen LogP contribution is 2.41. The Labute approximate surface area is 125 Å². The van der Waals surface area contributed by atoms with Gasteiger partial charge in [-0.15, -0.1) is 10.2 Å². The van der Waals surface area contributed by atoms with Gasteiger partial charge in [0.05, 0.1) is 18.9 Å². The summed E-state index contributed by atoms with van der Waals surface area (Å²) in [6.45, 7) is 0. The zero-order valence-corrected chi connectivity index (χ0v) is 12.0. The van der Waals surface area contributed by atoms with E-state index < -0.39 is 0 Å². The highest BCUT2D eigenvalue weighted by Gasteiger charge is 2.30. The average molecular weight is 300 g/mol. The van der Waals surface area contributed by atoms with Gasteiger partial charge in [-0.05, 0) is 36.0 Å². The number of para-hydroxylation sites is 1. The highest BCUT2D eigenvalue weighted by atomic mass is 32.2. The number of methoxy groups -OCH3 is 1. The van der Waals surface area contributed by atoms with E-state index in [1.807, 2.05) is 41.1 Å². The fraction of sp³-hybridized carbons (Fsp3) is 0.143. The fourth-order valence-corrected chi connectivity index (χ4v) is 3.23. The smallest absolute Gasteiger partial charge is 0.212 e. The van der Waals surface area contributed by atoms with Crippen molar-refractivity contribution in [2.75, 3.05) is 12.5 Å². The maximum atomic E-state index is 5.44. The third-order valence-electron chi connectivity index (χ3n) is 3.25. The molecule has 0 aliphatic carbocycles. The quantitative estimate of drug-likeness (QED) is 0.802. The lowest BCUT2D eigenvalue weighted by Crippen LogP contribution is -2.13. The first kappa shape index (κ1) is 12.3. The van der Waals surface area contributed by atoms with Gasteiger partial charge in [0.1, 0.15) is 11.5 Å². The van der Waals surface area contributed by atoms with Crippen LogP contribution in [0.2, 0.25) is 0 Å². The van der Waals surface area contributed by atoms with E-state index in [0.29, 0.717) is 0 Å². The zero-order valence-electron chi connectivity index (χ0n) is 11.2. The number of nitrogens with zero attached hydrogens (tertiary/aromatic N) is 3. The van der Waals surface area contributed by atoms with Crippen LogP contribution in [0.15, 0.2) is 52.2 Å². The van der Waals surface area contributed by atoms with Crippen LogP contribution >= 0.6 is 11.8 Å². The van der Waals surface area contributed by atoms with Crippen LogP contribution in [0.25, 0.3) is 11.4 Å². The topological polar surface area (TPSA) is 65.1 Å². The van der Waals surface area contributed by atoms with E-state index in [0.717, 1.165) is 28.1 Å². The van der Waals surface area contributed by atoms with Gasteiger partial charge in [0.25, 0.3) is 0 Å². The molecular formula is C14H12N4O2S. The van der Waals surface area contributed by atoms with Gasteiger partial charge in [-0.1, -0.05) is 12.1 Å². The maximum Gasteiger partial charge on any atom is 0.212 e. The molecule has 1 N–H and O–H groups in total. The second-order valence-corrected chi connectivity index (χ2v) is 5.56. The number of thioether (sulfide) groups is 1. The summed E-state index contributed by atoms with van der Waals surface area (Å²) in [7, 11) is 1.65. The third-order valence-corrected chi connectivity index (χ3v) is 4.30. The van der Waals surface area contributed by atoms with E-state index in [1.54, 1.807) is 25.1 Å².